The number of hydrogen-bond donors (Lipinski definition) is 2. The summed E-state index contributed by atoms with van der Waals surface area (Å²) < 4.78 is 28.2. The Morgan fingerprint density at radius 2 is 1.83 bits per heavy atom. The van der Waals surface area contributed by atoms with Crippen LogP contribution in [0, 0.1) is 0 Å². The Bertz CT molecular complexity index is 1400. The van der Waals surface area contributed by atoms with Crippen LogP contribution in [0.3, 0.4) is 0 Å². The maximum absolute atomic E-state index is 13.4. The van der Waals surface area contributed by atoms with Gasteiger partial charge in [0.15, 0.2) is 0 Å². The third-order valence-electron chi connectivity index (χ3n) is 5.62. The van der Waals surface area contributed by atoms with Crippen LogP contribution in [0.5, 0.6) is 0 Å². The number of hydrogen-bond acceptors (Lipinski definition) is 4. The maximum Gasteiger partial charge on any atom is 0.266 e. The fourth-order valence-electron chi connectivity index (χ4n) is 4.19. The van der Waals surface area contributed by atoms with Gasteiger partial charge in [-0.15, -0.1) is 0 Å². The van der Waals surface area contributed by atoms with E-state index in [1.807, 2.05) is 42.5 Å². The average Bonchev–Trinajstić information content (AvgIpc) is 3.41. The molecule has 7 nitrogen and oxygen atoms in total. The molecule has 1 amide bonds. The van der Waals surface area contributed by atoms with Crippen molar-refractivity contribution in [1.29, 1.82) is 0 Å². The average molecular weight is 420 g/mol. The number of benzene rings is 2. The molecule has 2 aromatic heterocycles. The van der Waals surface area contributed by atoms with E-state index in [9.17, 15) is 13.2 Å². The highest BCUT2D eigenvalue weighted by atomic mass is 32.2. The molecule has 4 aromatic rings. The summed E-state index contributed by atoms with van der Waals surface area (Å²) in [6.07, 6.45) is 3.35. The van der Waals surface area contributed by atoms with E-state index in [0.29, 0.717) is 24.0 Å². The minimum Gasteiger partial charge on any atom is -0.364 e. The molecule has 0 saturated carbocycles. The number of pyridine rings is 1. The molecule has 2 aromatic carbocycles. The first kappa shape index (κ1) is 18.8. The molecule has 3 N–H and O–H groups in total. The van der Waals surface area contributed by atoms with Gasteiger partial charge in [-0.3, -0.25) is 9.78 Å². The van der Waals surface area contributed by atoms with Crippen molar-refractivity contribution in [2.75, 3.05) is 13.1 Å². The lowest BCUT2D eigenvalue weighted by molar-refractivity contribution is 0.0993. The molecule has 0 bridgehead atoms. The Morgan fingerprint density at radius 1 is 1.03 bits per heavy atom. The highest BCUT2D eigenvalue weighted by Crippen LogP contribution is 2.35. The third-order valence-corrected chi connectivity index (χ3v) is 7.60. The smallest absolute Gasteiger partial charge is 0.266 e. The van der Waals surface area contributed by atoms with Gasteiger partial charge in [0.1, 0.15) is 10.6 Å². The summed E-state index contributed by atoms with van der Waals surface area (Å²) in [5.41, 5.74) is 8.65. The van der Waals surface area contributed by atoms with Gasteiger partial charge in [-0.25, -0.2) is 8.42 Å². The van der Waals surface area contributed by atoms with Gasteiger partial charge < -0.3 is 10.7 Å². The SMILES string of the molecule is NC(=O)c1[nH]c2ccc(-c3cccc4ncccc34)cc2c1S(=O)(=O)N1CCCC1. The largest absolute Gasteiger partial charge is 0.364 e. The van der Waals surface area contributed by atoms with Gasteiger partial charge in [-0.2, -0.15) is 4.31 Å². The number of H-pyrrole nitrogens is 1. The van der Waals surface area contributed by atoms with Gasteiger partial charge in [0.05, 0.1) is 5.52 Å². The Kier molecular flexibility index (Phi) is 4.34. The highest BCUT2D eigenvalue weighted by Gasteiger charge is 2.34. The van der Waals surface area contributed by atoms with E-state index in [-0.39, 0.29) is 10.6 Å². The van der Waals surface area contributed by atoms with Crippen molar-refractivity contribution in [1.82, 2.24) is 14.3 Å². The van der Waals surface area contributed by atoms with E-state index in [4.69, 9.17) is 5.73 Å². The number of fused-ring (bicyclic) bond motifs is 2. The van der Waals surface area contributed by atoms with E-state index in [2.05, 4.69) is 9.97 Å². The second-order valence-electron chi connectivity index (χ2n) is 7.44. The molecule has 152 valence electrons. The number of sulfonamides is 1. The Labute approximate surface area is 173 Å². The monoisotopic (exact) mass is 420 g/mol. The highest BCUT2D eigenvalue weighted by molar-refractivity contribution is 7.89. The topological polar surface area (TPSA) is 109 Å². The number of primary amides is 1. The molecule has 1 fully saturated rings. The van der Waals surface area contributed by atoms with Gasteiger partial charge in [0.25, 0.3) is 5.91 Å². The minimum absolute atomic E-state index is 0.0351. The van der Waals surface area contributed by atoms with Gasteiger partial charge in [0.2, 0.25) is 10.0 Å². The standard InChI is InChI=1S/C22H20N4O3S/c23-22(27)20-21(30(28,29)26-11-1-2-12-26)17-13-14(8-9-19(17)25-20)15-5-3-7-18-16(15)6-4-10-24-18/h3-10,13,25H,1-2,11-12H2,(H2,23,27). The van der Waals surface area contributed by atoms with Crippen molar-refractivity contribution < 1.29 is 13.2 Å². The summed E-state index contributed by atoms with van der Waals surface area (Å²) in [5.74, 6) is -0.792. The number of nitrogens with zero attached hydrogens (tertiary/aromatic N) is 2. The summed E-state index contributed by atoms with van der Waals surface area (Å²) in [5, 5.41) is 1.43. The number of carbonyl (C=O) groups excluding carboxylic acids is 1. The molecule has 0 spiro atoms. The zero-order chi connectivity index (χ0) is 20.9. The van der Waals surface area contributed by atoms with Crippen molar-refractivity contribution in [2.45, 2.75) is 17.7 Å². The van der Waals surface area contributed by atoms with E-state index < -0.39 is 15.9 Å². The third kappa shape index (κ3) is 2.88. The predicted molar refractivity (Wildman–Crippen MR) is 116 cm³/mol. The normalized spacial score (nSPS) is 15.2. The van der Waals surface area contributed by atoms with Crippen molar-refractivity contribution >= 4 is 37.7 Å². The lowest BCUT2D eigenvalue weighted by Crippen LogP contribution is -2.29. The van der Waals surface area contributed by atoms with Crippen molar-refractivity contribution in [2.24, 2.45) is 5.73 Å². The van der Waals surface area contributed by atoms with E-state index >= 15 is 0 Å². The summed E-state index contributed by atoms with van der Waals surface area (Å²) in [4.78, 5) is 19.4. The van der Waals surface area contributed by atoms with E-state index in [1.165, 1.54) is 4.31 Å². The molecule has 0 aliphatic carbocycles. The fourth-order valence-corrected chi connectivity index (χ4v) is 6.04. The molecule has 1 saturated heterocycles. The second kappa shape index (κ2) is 6.93. The van der Waals surface area contributed by atoms with Gasteiger partial charge in [-0.05, 0) is 48.2 Å². The zero-order valence-corrected chi connectivity index (χ0v) is 16.9. The molecule has 1 aliphatic heterocycles. The van der Waals surface area contributed by atoms with Crippen molar-refractivity contribution in [3.05, 3.63) is 60.4 Å². The van der Waals surface area contributed by atoms with Gasteiger partial charge in [-0.1, -0.05) is 24.3 Å². The molecule has 1 aliphatic rings. The molecule has 5 rings (SSSR count). The minimum atomic E-state index is -3.85. The van der Waals surface area contributed by atoms with Crippen molar-refractivity contribution in [3.8, 4) is 11.1 Å². The molecule has 0 radical (unpaired) electrons. The lowest BCUT2D eigenvalue weighted by atomic mass is 9.99. The van der Waals surface area contributed by atoms with Crippen LogP contribution in [0.2, 0.25) is 0 Å². The van der Waals surface area contributed by atoms with E-state index in [1.54, 1.807) is 12.3 Å². The quantitative estimate of drug-likeness (QED) is 0.528. The van der Waals surface area contributed by atoms with Crippen LogP contribution < -0.4 is 5.73 Å². The number of rotatable bonds is 4. The van der Waals surface area contributed by atoms with Crippen molar-refractivity contribution in [3.63, 3.8) is 0 Å². The summed E-state index contributed by atoms with van der Waals surface area (Å²) in [6.45, 7) is 0.893. The Hall–Kier alpha value is -3.23. The first-order valence-electron chi connectivity index (χ1n) is 9.76. The van der Waals surface area contributed by atoms with Gasteiger partial charge in [0, 0.05) is 35.6 Å². The first-order valence-corrected chi connectivity index (χ1v) is 11.2. The van der Waals surface area contributed by atoms with Crippen LogP contribution in [-0.2, 0) is 10.0 Å². The number of aromatic nitrogens is 2. The fraction of sp³-hybridized carbons (Fsp3) is 0.182. The summed E-state index contributed by atoms with van der Waals surface area (Å²) in [6, 6.07) is 15.2. The molecule has 0 atom stereocenters. The predicted octanol–water partition coefficient (Wildman–Crippen LogP) is 3.27. The summed E-state index contributed by atoms with van der Waals surface area (Å²) in [7, 11) is -3.85. The molecular formula is C22H20N4O3S. The maximum atomic E-state index is 13.4. The number of aromatic amines is 1. The number of amides is 1. The molecule has 8 heteroatoms. The van der Waals surface area contributed by atoms with Crippen LogP contribution in [0.4, 0.5) is 0 Å². The Balaban J connectivity index is 1.78. The van der Waals surface area contributed by atoms with Crippen LogP contribution in [0.25, 0.3) is 32.9 Å². The first-order chi connectivity index (χ1) is 14.5. The van der Waals surface area contributed by atoms with E-state index in [0.717, 1.165) is 34.9 Å². The van der Waals surface area contributed by atoms with Crippen LogP contribution in [-0.4, -0.2) is 41.7 Å². The lowest BCUT2D eigenvalue weighted by Gasteiger charge is -2.16. The second-order valence-corrected chi connectivity index (χ2v) is 9.32. The Morgan fingerprint density at radius 3 is 2.60 bits per heavy atom. The molecule has 3 heterocycles. The molecule has 30 heavy (non-hydrogen) atoms. The zero-order valence-electron chi connectivity index (χ0n) is 16.1. The number of nitrogens with one attached hydrogen (secondary N) is 1. The van der Waals surface area contributed by atoms with Crippen LogP contribution >= 0.6 is 0 Å². The molecule has 0 unspecified atom stereocenters. The number of nitrogens with two attached hydrogens (primary N) is 1. The van der Waals surface area contributed by atoms with Crippen LogP contribution in [0.1, 0.15) is 23.3 Å². The van der Waals surface area contributed by atoms with Gasteiger partial charge >= 0.3 is 0 Å². The summed E-state index contributed by atoms with van der Waals surface area (Å²) >= 11 is 0. The van der Waals surface area contributed by atoms with Crippen LogP contribution in [0.15, 0.2) is 59.6 Å². The molecular weight excluding hydrogens is 400 g/mol. The number of carbonyl (C=O) groups is 1.